The third-order valence-electron chi connectivity index (χ3n) is 5.25. The van der Waals surface area contributed by atoms with Gasteiger partial charge in [-0.1, -0.05) is 18.2 Å². The maximum atomic E-state index is 12.6. The molecule has 1 aromatic heterocycles. The fourth-order valence-electron chi connectivity index (χ4n) is 3.64. The highest BCUT2D eigenvalue weighted by Gasteiger charge is 2.12. The number of carbonyl (C=O) groups is 1. The summed E-state index contributed by atoms with van der Waals surface area (Å²) in [5.41, 5.74) is 5.43. The molecular weight excluding hydrogens is 424 g/mol. The molecule has 0 aliphatic rings. The second kappa shape index (κ2) is 8.30. The standard InChI is InChI=1S/C24H20N4O3S/c1-15-10-20(32(26,30)31)7-8-21(15)17-3-5-19(6-4-17)28-24(29)12-18-14-27-23-9-2-16(13-25)11-22(18)23/h2-11,14,27H,12H2,1H3,(H,28,29)(H2,26,30,31). The predicted molar refractivity (Wildman–Crippen MR) is 123 cm³/mol. The summed E-state index contributed by atoms with van der Waals surface area (Å²) in [6, 6.07) is 19.5. The van der Waals surface area contributed by atoms with Crippen molar-refractivity contribution in [2.75, 3.05) is 5.32 Å². The smallest absolute Gasteiger partial charge is 0.238 e. The fourth-order valence-corrected chi connectivity index (χ4v) is 4.24. The van der Waals surface area contributed by atoms with E-state index in [-0.39, 0.29) is 17.2 Å². The number of carbonyl (C=O) groups excluding carboxylic acids is 1. The van der Waals surface area contributed by atoms with Crippen molar-refractivity contribution < 1.29 is 13.2 Å². The number of fused-ring (bicyclic) bond motifs is 1. The number of primary sulfonamides is 1. The van der Waals surface area contributed by atoms with E-state index < -0.39 is 10.0 Å². The molecule has 0 fully saturated rings. The normalized spacial score (nSPS) is 11.3. The van der Waals surface area contributed by atoms with E-state index in [1.54, 1.807) is 42.6 Å². The molecule has 0 saturated carbocycles. The van der Waals surface area contributed by atoms with Gasteiger partial charge in [-0.15, -0.1) is 0 Å². The number of nitrogens with two attached hydrogens (primary N) is 1. The van der Waals surface area contributed by atoms with Gasteiger partial charge in [-0.25, -0.2) is 13.6 Å². The Labute approximate surface area is 185 Å². The lowest BCUT2D eigenvalue weighted by molar-refractivity contribution is -0.115. The van der Waals surface area contributed by atoms with E-state index in [1.807, 2.05) is 25.1 Å². The number of H-pyrrole nitrogens is 1. The maximum absolute atomic E-state index is 12.6. The van der Waals surface area contributed by atoms with E-state index in [9.17, 15) is 13.2 Å². The van der Waals surface area contributed by atoms with Crippen LogP contribution in [-0.4, -0.2) is 19.3 Å². The molecule has 0 radical (unpaired) electrons. The molecule has 32 heavy (non-hydrogen) atoms. The van der Waals surface area contributed by atoms with Crippen LogP contribution in [0.1, 0.15) is 16.7 Å². The average molecular weight is 445 g/mol. The number of nitrogens with zero attached hydrogens (tertiary/aromatic N) is 1. The summed E-state index contributed by atoms with van der Waals surface area (Å²) in [6.07, 6.45) is 1.95. The van der Waals surface area contributed by atoms with Gasteiger partial charge in [0.2, 0.25) is 15.9 Å². The second-order valence-electron chi connectivity index (χ2n) is 7.51. The van der Waals surface area contributed by atoms with Gasteiger partial charge in [-0.05, 0) is 71.6 Å². The molecule has 4 aromatic rings. The van der Waals surface area contributed by atoms with Crippen LogP contribution in [-0.2, 0) is 21.2 Å². The minimum Gasteiger partial charge on any atom is -0.361 e. The first-order chi connectivity index (χ1) is 15.2. The van der Waals surface area contributed by atoms with Gasteiger partial charge in [0.15, 0.2) is 0 Å². The molecule has 0 bridgehead atoms. The van der Waals surface area contributed by atoms with Gasteiger partial charge < -0.3 is 10.3 Å². The lowest BCUT2D eigenvalue weighted by Crippen LogP contribution is -2.14. The third kappa shape index (κ3) is 4.39. The molecule has 8 heteroatoms. The topological polar surface area (TPSA) is 129 Å². The number of aryl methyl sites for hydroxylation is 1. The van der Waals surface area contributed by atoms with Crippen LogP contribution in [0.3, 0.4) is 0 Å². The fraction of sp³-hybridized carbons (Fsp3) is 0.0833. The van der Waals surface area contributed by atoms with Crippen molar-refractivity contribution in [3.63, 3.8) is 0 Å². The number of nitrogens with one attached hydrogen (secondary N) is 2. The zero-order valence-corrected chi connectivity index (χ0v) is 18.0. The van der Waals surface area contributed by atoms with Crippen LogP contribution in [0.2, 0.25) is 0 Å². The van der Waals surface area contributed by atoms with E-state index in [0.717, 1.165) is 33.2 Å². The summed E-state index contributed by atoms with van der Waals surface area (Å²) in [5.74, 6) is -0.172. The summed E-state index contributed by atoms with van der Waals surface area (Å²) < 4.78 is 23.0. The third-order valence-corrected chi connectivity index (χ3v) is 6.16. The predicted octanol–water partition coefficient (Wildman–Crippen LogP) is 3.84. The molecule has 1 amide bonds. The molecular formula is C24H20N4O3S. The first kappa shape index (κ1) is 21.3. The molecule has 3 aromatic carbocycles. The van der Waals surface area contributed by atoms with Gasteiger partial charge in [0, 0.05) is 22.8 Å². The van der Waals surface area contributed by atoms with E-state index in [4.69, 9.17) is 10.4 Å². The Morgan fingerprint density at radius 2 is 1.84 bits per heavy atom. The molecule has 4 rings (SSSR count). The molecule has 0 unspecified atom stereocenters. The number of amides is 1. The first-order valence-electron chi connectivity index (χ1n) is 9.78. The van der Waals surface area contributed by atoms with Crippen molar-refractivity contribution in [3.05, 3.63) is 83.6 Å². The van der Waals surface area contributed by atoms with Crippen LogP contribution in [0.25, 0.3) is 22.0 Å². The zero-order chi connectivity index (χ0) is 22.9. The number of hydrogen-bond donors (Lipinski definition) is 3. The van der Waals surface area contributed by atoms with Crippen molar-refractivity contribution >= 4 is 32.5 Å². The van der Waals surface area contributed by atoms with E-state index in [0.29, 0.717) is 11.3 Å². The molecule has 1 heterocycles. The molecule has 0 aliphatic heterocycles. The molecule has 0 saturated heterocycles. The minimum atomic E-state index is -3.75. The Morgan fingerprint density at radius 3 is 2.50 bits per heavy atom. The maximum Gasteiger partial charge on any atom is 0.238 e. The largest absolute Gasteiger partial charge is 0.361 e. The SMILES string of the molecule is Cc1cc(S(N)(=O)=O)ccc1-c1ccc(NC(=O)Cc2c[nH]c3ccc(C#N)cc23)cc1. The van der Waals surface area contributed by atoms with Crippen molar-refractivity contribution in [1.29, 1.82) is 5.26 Å². The van der Waals surface area contributed by atoms with Crippen molar-refractivity contribution in [2.24, 2.45) is 5.14 Å². The van der Waals surface area contributed by atoms with Crippen LogP contribution in [0, 0.1) is 18.3 Å². The summed E-state index contributed by atoms with van der Waals surface area (Å²) in [6.45, 7) is 1.82. The van der Waals surface area contributed by atoms with Crippen molar-refractivity contribution in [1.82, 2.24) is 4.98 Å². The molecule has 0 spiro atoms. The quantitative estimate of drug-likeness (QED) is 0.432. The van der Waals surface area contributed by atoms with Gasteiger partial charge in [0.05, 0.1) is 22.9 Å². The number of benzene rings is 3. The van der Waals surface area contributed by atoms with E-state index >= 15 is 0 Å². The van der Waals surface area contributed by atoms with Crippen LogP contribution >= 0.6 is 0 Å². The first-order valence-corrected chi connectivity index (χ1v) is 11.3. The molecule has 4 N–H and O–H groups in total. The highest BCUT2D eigenvalue weighted by atomic mass is 32.2. The number of sulfonamides is 1. The number of aromatic nitrogens is 1. The Morgan fingerprint density at radius 1 is 1.09 bits per heavy atom. The summed E-state index contributed by atoms with van der Waals surface area (Å²) in [7, 11) is -3.75. The van der Waals surface area contributed by atoms with Crippen LogP contribution < -0.4 is 10.5 Å². The van der Waals surface area contributed by atoms with E-state index in [1.165, 1.54) is 6.07 Å². The summed E-state index contributed by atoms with van der Waals surface area (Å²) >= 11 is 0. The molecule has 160 valence electrons. The van der Waals surface area contributed by atoms with Gasteiger partial charge in [-0.3, -0.25) is 4.79 Å². The number of nitriles is 1. The van der Waals surface area contributed by atoms with Gasteiger partial charge in [-0.2, -0.15) is 5.26 Å². The Kier molecular flexibility index (Phi) is 5.53. The van der Waals surface area contributed by atoms with E-state index in [2.05, 4.69) is 16.4 Å². The van der Waals surface area contributed by atoms with Crippen molar-refractivity contribution in [3.8, 4) is 17.2 Å². The lowest BCUT2D eigenvalue weighted by atomic mass is 10.0. The summed E-state index contributed by atoms with van der Waals surface area (Å²) in [5, 5.41) is 18.0. The lowest BCUT2D eigenvalue weighted by Gasteiger charge is -2.10. The highest BCUT2D eigenvalue weighted by Crippen LogP contribution is 2.27. The van der Waals surface area contributed by atoms with Crippen molar-refractivity contribution in [2.45, 2.75) is 18.2 Å². The van der Waals surface area contributed by atoms with Gasteiger partial charge in [0.25, 0.3) is 0 Å². The summed E-state index contributed by atoms with van der Waals surface area (Å²) in [4.78, 5) is 15.7. The zero-order valence-electron chi connectivity index (χ0n) is 17.2. The van der Waals surface area contributed by atoms with Crippen LogP contribution in [0.15, 0.2) is 71.8 Å². The Hall–Kier alpha value is -3.93. The Bertz CT molecular complexity index is 1480. The van der Waals surface area contributed by atoms with Gasteiger partial charge in [0.1, 0.15) is 0 Å². The van der Waals surface area contributed by atoms with Crippen LogP contribution in [0.5, 0.6) is 0 Å². The molecule has 0 aliphatic carbocycles. The molecule has 0 atom stereocenters. The average Bonchev–Trinajstić information content (AvgIpc) is 3.15. The minimum absolute atomic E-state index is 0.0711. The number of aromatic amines is 1. The highest BCUT2D eigenvalue weighted by molar-refractivity contribution is 7.89. The monoisotopic (exact) mass is 444 g/mol. The Balaban J connectivity index is 1.49. The second-order valence-corrected chi connectivity index (χ2v) is 9.07. The number of anilines is 1. The molecule has 7 nitrogen and oxygen atoms in total. The number of rotatable bonds is 5. The van der Waals surface area contributed by atoms with Crippen LogP contribution in [0.4, 0.5) is 5.69 Å². The van der Waals surface area contributed by atoms with Gasteiger partial charge >= 0.3 is 0 Å². The number of hydrogen-bond acceptors (Lipinski definition) is 4.